The van der Waals surface area contributed by atoms with Crippen LogP contribution in [0.5, 0.6) is 0 Å². The van der Waals surface area contributed by atoms with E-state index in [1.807, 2.05) is 67.6 Å². The number of esters is 1. The van der Waals surface area contributed by atoms with Gasteiger partial charge in [-0.05, 0) is 48.7 Å². The fourth-order valence-electron chi connectivity index (χ4n) is 4.54. The lowest BCUT2D eigenvalue weighted by atomic mass is 10.1. The SMILES string of the molecule is CCOC(=O)c1cc(-c2cccc(N=[N+]=[N-])c2)n(-c2cc(-c3ccccc3)[nH]c2-c2ccccc2)c1C. The standard InChI is InChI=1S/C30H25N5O2/c1-3-37-30(36)25-18-27(23-15-10-16-24(17-23)33-34-31)35(20(25)2)28-19-26(21-11-6-4-7-12-21)32-29(28)22-13-8-5-9-14-22/h4-19,32H,3H2,1-2H3. The van der Waals surface area contributed by atoms with E-state index in [0.717, 1.165) is 45.2 Å². The number of nitrogens with one attached hydrogen (secondary N) is 1. The molecule has 0 saturated heterocycles. The summed E-state index contributed by atoms with van der Waals surface area (Å²) in [5.74, 6) is -0.383. The first-order valence-corrected chi connectivity index (χ1v) is 12.0. The summed E-state index contributed by atoms with van der Waals surface area (Å²) in [6.45, 7) is 3.99. The highest BCUT2D eigenvalue weighted by atomic mass is 16.5. The van der Waals surface area contributed by atoms with Crippen molar-refractivity contribution < 1.29 is 9.53 Å². The molecule has 1 N–H and O–H groups in total. The van der Waals surface area contributed by atoms with Crippen molar-refractivity contribution in [2.45, 2.75) is 13.8 Å². The minimum atomic E-state index is -0.383. The maximum absolute atomic E-state index is 12.9. The molecule has 0 unspecified atom stereocenters. The molecule has 2 aromatic heterocycles. The number of azide groups is 1. The largest absolute Gasteiger partial charge is 0.462 e. The molecule has 5 aromatic rings. The lowest BCUT2D eigenvalue weighted by Gasteiger charge is -2.14. The van der Waals surface area contributed by atoms with Crippen molar-refractivity contribution in [3.63, 3.8) is 0 Å². The second-order valence-corrected chi connectivity index (χ2v) is 8.50. The van der Waals surface area contributed by atoms with Crippen LogP contribution in [0.25, 0.3) is 49.9 Å². The molecule has 2 heterocycles. The highest BCUT2D eigenvalue weighted by Gasteiger charge is 2.24. The van der Waals surface area contributed by atoms with Gasteiger partial charge >= 0.3 is 5.97 Å². The van der Waals surface area contributed by atoms with Crippen LogP contribution in [0.3, 0.4) is 0 Å². The Morgan fingerprint density at radius 1 is 0.919 bits per heavy atom. The molecule has 0 aliphatic rings. The van der Waals surface area contributed by atoms with Gasteiger partial charge in [0.25, 0.3) is 0 Å². The number of hydrogen-bond acceptors (Lipinski definition) is 3. The maximum atomic E-state index is 12.9. The van der Waals surface area contributed by atoms with Crippen LogP contribution in [0, 0.1) is 6.92 Å². The first kappa shape index (κ1) is 23.7. The van der Waals surface area contributed by atoms with Crippen LogP contribution in [-0.4, -0.2) is 22.1 Å². The van der Waals surface area contributed by atoms with Crippen molar-refractivity contribution in [1.82, 2.24) is 9.55 Å². The zero-order valence-corrected chi connectivity index (χ0v) is 20.6. The van der Waals surface area contributed by atoms with Crippen molar-refractivity contribution in [3.05, 3.63) is 119 Å². The van der Waals surface area contributed by atoms with Crippen molar-refractivity contribution in [2.24, 2.45) is 5.11 Å². The Hall–Kier alpha value is -5.00. The van der Waals surface area contributed by atoms with Gasteiger partial charge in [-0.2, -0.15) is 0 Å². The first-order valence-electron chi connectivity index (χ1n) is 12.0. The van der Waals surface area contributed by atoms with Gasteiger partial charge in [-0.25, -0.2) is 4.79 Å². The fraction of sp³-hybridized carbons (Fsp3) is 0.100. The lowest BCUT2D eigenvalue weighted by molar-refractivity contribution is 0.0525. The Balaban J connectivity index is 1.80. The molecule has 0 aliphatic heterocycles. The van der Waals surface area contributed by atoms with Crippen LogP contribution < -0.4 is 0 Å². The monoisotopic (exact) mass is 487 g/mol. The molecule has 0 aliphatic carbocycles. The molecule has 0 atom stereocenters. The summed E-state index contributed by atoms with van der Waals surface area (Å²) < 4.78 is 7.44. The van der Waals surface area contributed by atoms with Crippen molar-refractivity contribution in [1.29, 1.82) is 0 Å². The third kappa shape index (κ3) is 4.63. The Labute approximate surface area is 214 Å². The minimum absolute atomic E-state index is 0.280. The molecule has 7 heteroatoms. The molecule has 0 saturated carbocycles. The summed E-state index contributed by atoms with van der Waals surface area (Å²) >= 11 is 0. The molecule has 182 valence electrons. The summed E-state index contributed by atoms with van der Waals surface area (Å²) in [6, 6.07) is 31.5. The number of aromatic amines is 1. The highest BCUT2D eigenvalue weighted by Crippen LogP contribution is 2.38. The molecule has 5 rings (SSSR count). The summed E-state index contributed by atoms with van der Waals surface area (Å²) in [6.07, 6.45) is 0. The number of benzene rings is 3. The average Bonchev–Trinajstić information content (AvgIpc) is 3.51. The van der Waals surface area contributed by atoms with Crippen LogP contribution in [-0.2, 0) is 4.74 Å². The predicted molar refractivity (Wildman–Crippen MR) is 146 cm³/mol. The Kier molecular flexibility index (Phi) is 6.62. The lowest BCUT2D eigenvalue weighted by Crippen LogP contribution is -2.07. The molecular formula is C30H25N5O2. The Bertz CT molecular complexity index is 1610. The minimum Gasteiger partial charge on any atom is -0.462 e. The number of ether oxygens (including phenoxy) is 1. The van der Waals surface area contributed by atoms with E-state index < -0.39 is 0 Å². The Morgan fingerprint density at radius 2 is 1.59 bits per heavy atom. The molecule has 0 fully saturated rings. The summed E-state index contributed by atoms with van der Waals surface area (Å²) in [4.78, 5) is 19.5. The smallest absolute Gasteiger partial charge is 0.339 e. The number of carbonyl (C=O) groups excluding carboxylic acids is 1. The molecule has 37 heavy (non-hydrogen) atoms. The van der Waals surface area contributed by atoms with Crippen molar-refractivity contribution >= 4 is 11.7 Å². The predicted octanol–water partition coefficient (Wildman–Crippen LogP) is 8.23. The van der Waals surface area contributed by atoms with E-state index in [1.165, 1.54) is 0 Å². The summed E-state index contributed by atoms with van der Waals surface area (Å²) in [5, 5.41) is 3.77. The van der Waals surface area contributed by atoms with Crippen LogP contribution in [0.15, 0.2) is 102 Å². The molecule has 0 bridgehead atoms. The zero-order chi connectivity index (χ0) is 25.8. The normalized spacial score (nSPS) is 10.6. The topological polar surface area (TPSA) is 95.8 Å². The highest BCUT2D eigenvalue weighted by molar-refractivity contribution is 5.94. The van der Waals surface area contributed by atoms with Crippen molar-refractivity contribution in [2.75, 3.05) is 6.61 Å². The van der Waals surface area contributed by atoms with Crippen LogP contribution in [0.1, 0.15) is 23.0 Å². The van der Waals surface area contributed by atoms with E-state index in [2.05, 4.69) is 49.9 Å². The average molecular weight is 488 g/mol. The number of nitrogens with zero attached hydrogens (tertiary/aromatic N) is 4. The second-order valence-electron chi connectivity index (χ2n) is 8.50. The van der Waals surface area contributed by atoms with E-state index in [1.54, 1.807) is 13.0 Å². The van der Waals surface area contributed by atoms with Gasteiger partial charge in [-0.15, -0.1) is 0 Å². The summed E-state index contributed by atoms with van der Waals surface area (Å²) in [7, 11) is 0. The number of rotatable bonds is 7. The van der Waals surface area contributed by atoms with Gasteiger partial charge in [0.15, 0.2) is 0 Å². The number of H-pyrrole nitrogens is 1. The van der Waals surface area contributed by atoms with Gasteiger partial charge in [0, 0.05) is 27.6 Å². The van der Waals surface area contributed by atoms with Gasteiger partial charge in [-0.1, -0.05) is 84.0 Å². The fourth-order valence-corrected chi connectivity index (χ4v) is 4.54. The van der Waals surface area contributed by atoms with Gasteiger partial charge in [0.05, 0.1) is 29.2 Å². The third-order valence-electron chi connectivity index (χ3n) is 6.23. The second kappa shape index (κ2) is 10.3. The molecule has 7 nitrogen and oxygen atoms in total. The number of carbonyl (C=O) groups is 1. The number of aromatic nitrogens is 2. The molecule has 0 radical (unpaired) electrons. The van der Waals surface area contributed by atoms with Gasteiger partial charge in [-0.3, -0.25) is 0 Å². The quantitative estimate of drug-likeness (QED) is 0.108. The molecular weight excluding hydrogens is 462 g/mol. The Morgan fingerprint density at radius 3 is 2.27 bits per heavy atom. The maximum Gasteiger partial charge on any atom is 0.339 e. The summed E-state index contributed by atoms with van der Waals surface area (Å²) in [5.41, 5.74) is 17.1. The zero-order valence-electron chi connectivity index (χ0n) is 20.6. The molecule has 3 aromatic carbocycles. The number of hydrogen-bond donors (Lipinski definition) is 1. The van der Waals surface area contributed by atoms with E-state index >= 15 is 0 Å². The van der Waals surface area contributed by atoms with Crippen LogP contribution in [0.4, 0.5) is 5.69 Å². The molecule has 0 spiro atoms. The first-order chi connectivity index (χ1) is 18.1. The van der Waals surface area contributed by atoms with E-state index in [-0.39, 0.29) is 12.6 Å². The van der Waals surface area contributed by atoms with E-state index in [4.69, 9.17) is 10.3 Å². The van der Waals surface area contributed by atoms with E-state index in [0.29, 0.717) is 11.3 Å². The van der Waals surface area contributed by atoms with Crippen LogP contribution in [0.2, 0.25) is 0 Å². The van der Waals surface area contributed by atoms with E-state index in [9.17, 15) is 4.79 Å². The van der Waals surface area contributed by atoms with Crippen molar-refractivity contribution in [3.8, 4) is 39.5 Å². The third-order valence-corrected chi connectivity index (χ3v) is 6.23. The van der Waals surface area contributed by atoms with Gasteiger partial charge < -0.3 is 14.3 Å². The van der Waals surface area contributed by atoms with Crippen LogP contribution >= 0.6 is 0 Å². The van der Waals surface area contributed by atoms with Gasteiger partial charge in [0.2, 0.25) is 0 Å². The van der Waals surface area contributed by atoms with Gasteiger partial charge in [0.1, 0.15) is 0 Å². The molecule has 0 amide bonds.